The van der Waals surface area contributed by atoms with Gasteiger partial charge in [-0.05, 0) is 33.9 Å². The predicted molar refractivity (Wildman–Crippen MR) is 85.2 cm³/mol. The average molecular weight is 314 g/mol. The number of nitrogens with zero attached hydrogens (tertiary/aromatic N) is 1. The van der Waals surface area contributed by atoms with Gasteiger partial charge in [-0.2, -0.15) is 0 Å². The van der Waals surface area contributed by atoms with E-state index in [4.69, 9.17) is 5.73 Å². The van der Waals surface area contributed by atoms with Crippen molar-refractivity contribution in [3.8, 4) is 0 Å². The molecule has 2 atom stereocenters. The number of hydrogen-bond donors (Lipinski definition) is 2. The average Bonchev–Trinajstić information content (AvgIpc) is 2.74. The minimum Gasteiger partial charge on any atom is -0.354 e. The highest BCUT2D eigenvalue weighted by Crippen LogP contribution is 2.33. The number of nitrogens with one attached hydrogen (secondary N) is 1. The van der Waals surface area contributed by atoms with E-state index in [0.29, 0.717) is 0 Å². The van der Waals surface area contributed by atoms with Gasteiger partial charge in [0.2, 0.25) is 5.91 Å². The van der Waals surface area contributed by atoms with E-state index < -0.39 is 0 Å². The Labute approximate surface area is 129 Å². The first-order valence-electron chi connectivity index (χ1n) is 6.60. The number of amides is 1. The van der Waals surface area contributed by atoms with Crippen LogP contribution in [0.2, 0.25) is 0 Å². The molecule has 2 unspecified atom stereocenters. The molecule has 0 aromatic heterocycles. The molecule has 0 bridgehead atoms. The summed E-state index contributed by atoms with van der Waals surface area (Å²) < 4.78 is 0. The molecule has 6 heteroatoms. The third-order valence-corrected chi connectivity index (χ3v) is 4.28. The lowest BCUT2D eigenvalue weighted by Crippen LogP contribution is -2.52. The highest BCUT2D eigenvalue weighted by Gasteiger charge is 2.36. The van der Waals surface area contributed by atoms with Gasteiger partial charge in [0.15, 0.2) is 0 Å². The van der Waals surface area contributed by atoms with E-state index in [1.165, 1.54) is 25.7 Å². The number of carbonyl (C=O) groups is 1. The maximum absolute atomic E-state index is 11.9. The number of hydrogen-bond acceptors (Lipinski definition) is 3. The number of nitrogens with two attached hydrogens (primary N) is 1. The second kappa shape index (κ2) is 9.01. The molecule has 1 fully saturated rings. The van der Waals surface area contributed by atoms with Crippen LogP contribution in [0.25, 0.3) is 0 Å². The van der Waals surface area contributed by atoms with Crippen LogP contribution < -0.4 is 11.1 Å². The van der Waals surface area contributed by atoms with Crippen molar-refractivity contribution in [3.63, 3.8) is 0 Å². The highest BCUT2D eigenvalue weighted by molar-refractivity contribution is 5.85. The third kappa shape index (κ3) is 5.46. The molecule has 0 radical (unpaired) electrons. The van der Waals surface area contributed by atoms with Crippen LogP contribution in [-0.4, -0.2) is 43.0 Å². The standard InChI is InChI=1S/C13H27N3O.2ClH/c1-10(11(2)14)12(17)15-9-13(16(3)4)7-5-6-8-13;;/h10-11H,5-9,14H2,1-4H3,(H,15,17);2*1H. The topological polar surface area (TPSA) is 58.4 Å². The minimum absolute atomic E-state index is 0. The smallest absolute Gasteiger partial charge is 0.224 e. The number of rotatable bonds is 5. The number of halogens is 2. The maximum atomic E-state index is 11.9. The van der Waals surface area contributed by atoms with Crippen LogP contribution in [0.15, 0.2) is 0 Å². The van der Waals surface area contributed by atoms with E-state index in [0.717, 1.165) is 6.54 Å². The zero-order valence-corrected chi connectivity index (χ0v) is 14.1. The predicted octanol–water partition coefficient (Wildman–Crippen LogP) is 1.80. The van der Waals surface area contributed by atoms with Gasteiger partial charge in [0.1, 0.15) is 0 Å². The Hall–Kier alpha value is -0.0300. The molecule has 0 aromatic carbocycles. The molecule has 1 amide bonds. The summed E-state index contributed by atoms with van der Waals surface area (Å²) in [6.45, 7) is 4.51. The van der Waals surface area contributed by atoms with Gasteiger partial charge in [0.25, 0.3) is 0 Å². The Morgan fingerprint density at radius 2 is 1.74 bits per heavy atom. The molecule has 0 saturated heterocycles. The molecule has 0 heterocycles. The van der Waals surface area contributed by atoms with Gasteiger partial charge in [0, 0.05) is 24.0 Å². The molecule has 19 heavy (non-hydrogen) atoms. The van der Waals surface area contributed by atoms with E-state index in [1.54, 1.807) is 0 Å². The second-order valence-corrected chi connectivity index (χ2v) is 5.69. The van der Waals surface area contributed by atoms with Crippen LogP contribution in [0, 0.1) is 5.92 Å². The molecule has 4 nitrogen and oxygen atoms in total. The van der Waals surface area contributed by atoms with Crippen molar-refractivity contribution < 1.29 is 4.79 Å². The third-order valence-electron chi connectivity index (χ3n) is 4.28. The van der Waals surface area contributed by atoms with Crippen molar-refractivity contribution >= 4 is 30.7 Å². The Morgan fingerprint density at radius 3 is 2.11 bits per heavy atom. The van der Waals surface area contributed by atoms with Crippen molar-refractivity contribution in [1.82, 2.24) is 10.2 Å². The van der Waals surface area contributed by atoms with Crippen LogP contribution >= 0.6 is 24.8 Å². The van der Waals surface area contributed by atoms with Gasteiger partial charge < -0.3 is 16.0 Å². The molecule has 1 aliphatic carbocycles. The Kier molecular flexibility index (Phi) is 10.1. The fraction of sp³-hybridized carbons (Fsp3) is 0.923. The van der Waals surface area contributed by atoms with Gasteiger partial charge in [-0.1, -0.05) is 19.8 Å². The largest absolute Gasteiger partial charge is 0.354 e. The summed E-state index contributed by atoms with van der Waals surface area (Å²) in [7, 11) is 4.21. The summed E-state index contributed by atoms with van der Waals surface area (Å²) in [5.74, 6) is -0.0382. The molecule has 3 N–H and O–H groups in total. The van der Waals surface area contributed by atoms with E-state index in [-0.39, 0.29) is 48.2 Å². The molecule has 1 rings (SSSR count). The normalized spacial score (nSPS) is 20.1. The maximum Gasteiger partial charge on any atom is 0.224 e. The highest BCUT2D eigenvalue weighted by atomic mass is 35.5. The summed E-state index contributed by atoms with van der Waals surface area (Å²) in [6.07, 6.45) is 4.87. The number of likely N-dealkylation sites (N-methyl/N-ethyl adjacent to an activating group) is 1. The van der Waals surface area contributed by atoms with Gasteiger partial charge >= 0.3 is 0 Å². The van der Waals surface area contributed by atoms with Crippen LogP contribution in [0.4, 0.5) is 0 Å². The molecule has 0 aromatic rings. The number of carbonyl (C=O) groups excluding carboxylic acids is 1. The van der Waals surface area contributed by atoms with Gasteiger partial charge in [0.05, 0.1) is 0 Å². The summed E-state index contributed by atoms with van der Waals surface area (Å²) >= 11 is 0. The Morgan fingerprint density at radius 1 is 1.26 bits per heavy atom. The monoisotopic (exact) mass is 313 g/mol. The zero-order valence-electron chi connectivity index (χ0n) is 12.4. The zero-order chi connectivity index (χ0) is 13.1. The van der Waals surface area contributed by atoms with E-state index in [9.17, 15) is 4.79 Å². The van der Waals surface area contributed by atoms with Crippen LogP contribution in [0.3, 0.4) is 0 Å². The molecule has 116 valence electrons. The second-order valence-electron chi connectivity index (χ2n) is 5.69. The van der Waals surface area contributed by atoms with Crippen molar-refractivity contribution in [2.75, 3.05) is 20.6 Å². The summed E-state index contributed by atoms with van der Waals surface area (Å²) in [4.78, 5) is 14.2. The molecule has 1 aliphatic rings. The van der Waals surface area contributed by atoms with Crippen molar-refractivity contribution in [3.05, 3.63) is 0 Å². The Balaban J connectivity index is 0. The first-order valence-corrected chi connectivity index (χ1v) is 6.60. The summed E-state index contributed by atoms with van der Waals surface area (Å²) in [5, 5.41) is 3.07. The Bertz CT molecular complexity index is 267. The molecular formula is C13H29Cl2N3O. The SMILES string of the molecule is CC(N)C(C)C(=O)NCC1(N(C)C)CCCC1.Cl.Cl. The first kappa shape index (κ1) is 21.3. The van der Waals surface area contributed by atoms with Crippen molar-refractivity contribution in [1.29, 1.82) is 0 Å². The van der Waals surface area contributed by atoms with Crippen molar-refractivity contribution in [2.24, 2.45) is 11.7 Å². The lowest BCUT2D eigenvalue weighted by molar-refractivity contribution is -0.125. The molecule has 1 saturated carbocycles. The molecule has 0 spiro atoms. The summed E-state index contributed by atoms with van der Waals surface area (Å²) in [5.41, 5.74) is 5.90. The van der Waals surface area contributed by atoms with Crippen molar-refractivity contribution in [2.45, 2.75) is 51.1 Å². The fourth-order valence-corrected chi connectivity index (χ4v) is 2.47. The van der Waals surface area contributed by atoms with E-state index in [2.05, 4.69) is 24.3 Å². The quantitative estimate of drug-likeness (QED) is 0.813. The lowest BCUT2D eigenvalue weighted by Gasteiger charge is -2.37. The summed E-state index contributed by atoms with van der Waals surface area (Å²) in [6, 6.07) is -0.0890. The molecular weight excluding hydrogens is 285 g/mol. The van der Waals surface area contributed by atoms with Crippen LogP contribution in [0.1, 0.15) is 39.5 Å². The first-order chi connectivity index (χ1) is 7.89. The van der Waals surface area contributed by atoms with Gasteiger partial charge in [-0.15, -0.1) is 24.8 Å². The van der Waals surface area contributed by atoms with Gasteiger partial charge in [-0.25, -0.2) is 0 Å². The van der Waals surface area contributed by atoms with Crippen LogP contribution in [0.5, 0.6) is 0 Å². The minimum atomic E-state index is -0.115. The fourth-order valence-electron chi connectivity index (χ4n) is 2.47. The van der Waals surface area contributed by atoms with Crippen LogP contribution in [-0.2, 0) is 4.79 Å². The lowest BCUT2D eigenvalue weighted by atomic mass is 9.95. The van der Waals surface area contributed by atoms with E-state index in [1.807, 2.05) is 13.8 Å². The van der Waals surface area contributed by atoms with E-state index >= 15 is 0 Å². The van der Waals surface area contributed by atoms with Gasteiger partial charge in [-0.3, -0.25) is 4.79 Å². The molecule has 0 aliphatic heterocycles.